The predicted molar refractivity (Wildman–Crippen MR) is 126 cm³/mol. The van der Waals surface area contributed by atoms with E-state index in [9.17, 15) is 14.0 Å². The van der Waals surface area contributed by atoms with Crippen molar-refractivity contribution in [1.29, 1.82) is 0 Å². The first-order valence-corrected chi connectivity index (χ1v) is 11.6. The fourth-order valence-electron chi connectivity index (χ4n) is 3.52. The van der Waals surface area contributed by atoms with Gasteiger partial charge in [0.2, 0.25) is 5.91 Å². The van der Waals surface area contributed by atoms with E-state index in [0.29, 0.717) is 50.0 Å². The summed E-state index contributed by atoms with van der Waals surface area (Å²) < 4.78 is 12.9. The number of urea groups is 1. The maximum absolute atomic E-state index is 12.9. The molecule has 0 radical (unpaired) electrons. The van der Waals surface area contributed by atoms with Crippen molar-refractivity contribution in [2.45, 2.75) is 12.8 Å². The average molecular weight is 469 g/mol. The Balaban J connectivity index is 1.19. The Morgan fingerprint density at radius 2 is 1.85 bits per heavy atom. The molecule has 1 saturated heterocycles. The van der Waals surface area contributed by atoms with Crippen LogP contribution < -0.4 is 15.5 Å². The Kier molecular flexibility index (Phi) is 7.46. The molecule has 1 aliphatic rings. The molecule has 0 atom stereocenters. The number of carbonyl (C=O) groups excluding carboxylic acids is 2. The molecule has 172 valence electrons. The summed E-state index contributed by atoms with van der Waals surface area (Å²) in [6.07, 6.45) is 2.52. The van der Waals surface area contributed by atoms with Crippen LogP contribution in [0, 0.1) is 5.82 Å². The molecule has 3 heterocycles. The van der Waals surface area contributed by atoms with Gasteiger partial charge >= 0.3 is 6.03 Å². The van der Waals surface area contributed by atoms with Crippen molar-refractivity contribution < 1.29 is 14.0 Å². The van der Waals surface area contributed by atoms with E-state index >= 15 is 0 Å². The second kappa shape index (κ2) is 10.9. The SMILES string of the molecule is O=C(Cc1csc(NC(=O)N2CCN(c3ccccn3)CC2)n1)NCCc1ccc(F)cc1. The second-order valence-corrected chi connectivity index (χ2v) is 8.50. The molecule has 2 aromatic heterocycles. The maximum Gasteiger partial charge on any atom is 0.323 e. The topological polar surface area (TPSA) is 90.5 Å². The third-order valence-corrected chi connectivity index (χ3v) is 6.10. The van der Waals surface area contributed by atoms with Crippen LogP contribution in [0.2, 0.25) is 0 Å². The van der Waals surface area contributed by atoms with E-state index in [2.05, 4.69) is 25.5 Å². The molecule has 0 unspecified atom stereocenters. The number of halogens is 1. The molecule has 4 rings (SSSR count). The minimum atomic E-state index is -0.277. The first kappa shape index (κ1) is 22.7. The fraction of sp³-hybridized carbons (Fsp3) is 0.304. The second-order valence-electron chi connectivity index (χ2n) is 7.64. The number of carbonyl (C=O) groups is 2. The average Bonchev–Trinajstić information content (AvgIpc) is 3.27. The standard InChI is InChI=1S/C23H25FN6O2S/c24-18-6-4-17(5-7-18)8-10-26-21(31)15-19-16-33-22(27-19)28-23(32)30-13-11-29(12-14-30)20-3-1-2-9-25-20/h1-7,9,16H,8,10-15H2,(H,26,31)(H,27,28,32). The third kappa shape index (κ3) is 6.48. The van der Waals surface area contributed by atoms with Crippen LogP contribution in [0.1, 0.15) is 11.3 Å². The minimum Gasteiger partial charge on any atom is -0.355 e. The highest BCUT2D eigenvalue weighted by atomic mass is 32.1. The Bertz CT molecular complexity index is 1070. The number of amides is 3. The number of aromatic nitrogens is 2. The van der Waals surface area contributed by atoms with Gasteiger partial charge in [-0.15, -0.1) is 11.3 Å². The number of thiazole rings is 1. The summed E-state index contributed by atoms with van der Waals surface area (Å²) in [4.78, 5) is 37.4. The predicted octanol–water partition coefficient (Wildman–Crippen LogP) is 2.93. The monoisotopic (exact) mass is 468 g/mol. The van der Waals surface area contributed by atoms with E-state index in [1.165, 1.54) is 23.5 Å². The number of anilines is 2. The molecule has 0 saturated carbocycles. The molecule has 1 aromatic carbocycles. The van der Waals surface area contributed by atoms with Crippen molar-refractivity contribution in [3.05, 3.63) is 71.1 Å². The number of hydrogen-bond donors (Lipinski definition) is 2. The zero-order valence-corrected chi connectivity index (χ0v) is 18.9. The lowest BCUT2D eigenvalue weighted by Crippen LogP contribution is -2.50. The molecule has 33 heavy (non-hydrogen) atoms. The van der Waals surface area contributed by atoms with Gasteiger partial charge in [0.05, 0.1) is 12.1 Å². The zero-order chi connectivity index (χ0) is 23.0. The van der Waals surface area contributed by atoms with Crippen LogP contribution in [0.4, 0.5) is 20.1 Å². The fourth-order valence-corrected chi connectivity index (χ4v) is 4.22. The molecule has 0 bridgehead atoms. The molecule has 0 aliphatic carbocycles. The lowest BCUT2D eigenvalue weighted by molar-refractivity contribution is -0.120. The normalized spacial score (nSPS) is 13.6. The molecular weight excluding hydrogens is 443 g/mol. The number of rotatable bonds is 7. The largest absolute Gasteiger partial charge is 0.355 e. The van der Waals surface area contributed by atoms with Crippen LogP contribution in [0.25, 0.3) is 0 Å². The smallest absolute Gasteiger partial charge is 0.323 e. The van der Waals surface area contributed by atoms with E-state index < -0.39 is 0 Å². The van der Waals surface area contributed by atoms with Crippen LogP contribution in [0.15, 0.2) is 54.0 Å². The maximum atomic E-state index is 12.9. The summed E-state index contributed by atoms with van der Waals surface area (Å²) in [6.45, 7) is 3.08. The van der Waals surface area contributed by atoms with Crippen molar-refractivity contribution in [3.63, 3.8) is 0 Å². The minimum absolute atomic E-state index is 0.137. The first-order chi connectivity index (χ1) is 16.1. The summed E-state index contributed by atoms with van der Waals surface area (Å²) in [5.41, 5.74) is 1.56. The van der Waals surface area contributed by atoms with Crippen molar-refractivity contribution >= 4 is 34.2 Å². The van der Waals surface area contributed by atoms with Crippen molar-refractivity contribution in [2.24, 2.45) is 0 Å². The van der Waals surface area contributed by atoms with E-state index in [4.69, 9.17) is 0 Å². The quantitative estimate of drug-likeness (QED) is 0.557. The molecule has 3 aromatic rings. The molecule has 1 fully saturated rings. The first-order valence-electron chi connectivity index (χ1n) is 10.7. The number of benzene rings is 1. The summed E-state index contributed by atoms with van der Waals surface area (Å²) >= 11 is 1.30. The Morgan fingerprint density at radius 3 is 2.58 bits per heavy atom. The Hall–Kier alpha value is -3.53. The third-order valence-electron chi connectivity index (χ3n) is 5.30. The van der Waals surface area contributed by atoms with Gasteiger partial charge in [0, 0.05) is 44.3 Å². The molecule has 0 spiro atoms. The molecule has 10 heteroatoms. The van der Waals surface area contributed by atoms with Gasteiger partial charge in [0.1, 0.15) is 11.6 Å². The molecule has 8 nitrogen and oxygen atoms in total. The van der Waals surface area contributed by atoms with Gasteiger partial charge < -0.3 is 15.1 Å². The number of pyridine rings is 1. The Labute approximate surface area is 195 Å². The molecule has 2 N–H and O–H groups in total. The summed E-state index contributed by atoms with van der Waals surface area (Å²) in [7, 11) is 0. The van der Waals surface area contributed by atoms with Gasteiger partial charge in [-0.05, 0) is 36.2 Å². The lowest BCUT2D eigenvalue weighted by atomic mass is 10.1. The van der Waals surface area contributed by atoms with E-state index in [-0.39, 0.29) is 24.2 Å². The highest BCUT2D eigenvalue weighted by molar-refractivity contribution is 7.13. The van der Waals surface area contributed by atoms with Gasteiger partial charge in [0.25, 0.3) is 0 Å². The van der Waals surface area contributed by atoms with E-state index in [1.807, 2.05) is 18.2 Å². The number of nitrogens with one attached hydrogen (secondary N) is 2. The lowest BCUT2D eigenvalue weighted by Gasteiger charge is -2.35. The van der Waals surface area contributed by atoms with Crippen molar-refractivity contribution in [1.82, 2.24) is 20.2 Å². The summed E-state index contributed by atoms with van der Waals surface area (Å²) in [5, 5.41) is 7.91. The van der Waals surface area contributed by atoms with Crippen molar-refractivity contribution in [2.75, 3.05) is 42.9 Å². The van der Waals surface area contributed by atoms with Gasteiger partial charge in [0.15, 0.2) is 5.13 Å². The molecule has 3 amide bonds. The van der Waals surface area contributed by atoms with Gasteiger partial charge in [-0.2, -0.15) is 0 Å². The highest BCUT2D eigenvalue weighted by Gasteiger charge is 2.22. The molecule has 1 aliphatic heterocycles. The van der Waals surface area contributed by atoms with Gasteiger partial charge in [-0.1, -0.05) is 18.2 Å². The van der Waals surface area contributed by atoms with Crippen LogP contribution >= 0.6 is 11.3 Å². The van der Waals surface area contributed by atoms with Crippen LogP contribution in [-0.4, -0.2) is 59.5 Å². The Morgan fingerprint density at radius 1 is 1.06 bits per heavy atom. The number of hydrogen-bond acceptors (Lipinski definition) is 6. The van der Waals surface area contributed by atoms with E-state index in [1.54, 1.807) is 28.6 Å². The van der Waals surface area contributed by atoms with Gasteiger partial charge in [-0.25, -0.2) is 19.2 Å². The van der Waals surface area contributed by atoms with Crippen LogP contribution in [0.5, 0.6) is 0 Å². The zero-order valence-electron chi connectivity index (χ0n) is 18.0. The van der Waals surface area contributed by atoms with Crippen LogP contribution in [0.3, 0.4) is 0 Å². The number of piperazine rings is 1. The van der Waals surface area contributed by atoms with Crippen LogP contribution in [-0.2, 0) is 17.6 Å². The summed E-state index contributed by atoms with van der Waals surface area (Å²) in [6, 6.07) is 11.8. The van der Waals surface area contributed by atoms with E-state index in [0.717, 1.165) is 11.4 Å². The number of nitrogens with zero attached hydrogens (tertiary/aromatic N) is 4. The van der Waals surface area contributed by atoms with Crippen molar-refractivity contribution in [3.8, 4) is 0 Å². The van der Waals surface area contributed by atoms with Gasteiger partial charge in [-0.3, -0.25) is 10.1 Å². The summed E-state index contributed by atoms with van der Waals surface area (Å²) in [5.74, 6) is 0.491. The molecular formula is C23H25FN6O2S. The highest BCUT2D eigenvalue weighted by Crippen LogP contribution is 2.18.